The highest BCUT2D eigenvalue weighted by Gasteiger charge is 2.27. The summed E-state index contributed by atoms with van der Waals surface area (Å²) in [5.74, 6) is 2.33. The molecule has 0 saturated heterocycles. The van der Waals surface area contributed by atoms with Crippen LogP contribution in [0.5, 0.6) is 5.88 Å². The van der Waals surface area contributed by atoms with Gasteiger partial charge >= 0.3 is 0 Å². The first-order chi connectivity index (χ1) is 17.2. The highest BCUT2D eigenvalue weighted by atomic mass is 16.5. The summed E-state index contributed by atoms with van der Waals surface area (Å²) in [7, 11) is 1.63. The van der Waals surface area contributed by atoms with Crippen molar-refractivity contribution in [1.82, 2.24) is 29.3 Å². The molecule has 2 aromatic carbocycles. The summed E-state index contributed by atoms with van der Waals surface area (Å²) in [4.78, 5) is 14.0. The number of methoxy groups -OCH3 is 1. The molecular formula is C28H26N6O. The molecule has 1 aliphatic rings. The Balaban J connectivity index is 1.35. The van der Waals surface area contributed by atoms with E-state index < -0.39 is 0 Å². The molecule has 174 valence electrons. The van der Waals surface area contributed by atoms with Gasteiger partial charge in [0.05, 0.1) is 19.1 Å². The van der Waals surface area contributed by atoms with E-state index in [1.807, 2.05) is 40.6 Å². The Morgan fingerprint density at radius 2 is 1.80 bits per heavy atom. The molecule has 3 aromatic heterocycles. The van der Waals surface area contributed by atoms with E-state index in [1.165, 1.54) is 16.7 Å². The zero-order valence-corrected chi connectivity index (χ0v) is 19.8. The molecule has 6 rings (SSSR count). The first-order valence-electron chi connectivity index (χ1n) is 11.9. The predicted molar refractivity (Wildman–Crippen MR) is 135 cm³/mol. The van der Waals surface area contributed by atoms with Crippen LogP contribution in [0.15, 0.2) is 79.3 Å². The number of hydrogen-bond donors (Lipinski definition) is 0. The molecule has 0 fully saturated rings. The van der Waals surface area contributed by atoms with Gasteiger partial charge in [0.25, 0.3) is 0 Å². The van der Waals surface area contributed by atoms with E-state index >= 15 is 0 Å². The van der Waals surface area contributed by atoms with Crippen LogP contribution in [0.1, 0.15) is 35.8 Å². The lowest BCUT2D eigenvalue weighted by Crippen LogP contribution is -2.18. The Morgan fingerprint density at radius 3 is 2.60 bits per heavy atom. The molecule has 0 spiro atoms. The topological polar surface area (TPSA) is 70.7 Å². The second-order valence-electron chi connectivity index (χ2n) is 8.85. The monoisotopic (exact) mass is 462 g/mol. The van der Waals surface area contributed by atoms with Crippen LogP contribution in [0.2, 0.25) is 0 Å². The molecule has 35 heavy (non-hydrogen) atoms. The second kappa shape index (κ2) is 8.83. The van der Waals surface area contributed by atoms with Crippen LogP contribution in [-0.4, -0.2) is 36.4 Å². The fraction of sp³-hybridized carbons (Fsp3) is 0.214. The number of rotatable bonds is 5. The summed E-state index contributed by atoms with van der Waals surface area (Å²) in [5, 5.41) is 4.83. The molecule has 7 nitrogen and oxygen atoms in total. The van der Waals surface area contributed by atoms with Crippen LogP contribution in [0.3, 0.4) is 0 Å². The molecule has 4 heterocycles. The molecule has 0 aliphatic carbocycles. The highest BCUT2D eigenvalue weighted by Crippen LogP contribution is 2.35. The Hall–Kier alpha value is -4.26. The number of fused-ring (bicyclic) bond motifs is 1. The van der Waals surface area contributed by atoms with Gasteiger partial charge in [-0.05, 0) is 48.6 Å². The van der Waals surface area contributed by atoms with E-state index in [0.29, 0.717) is 17.4 Å². The van der Waals surface area contributed by atoms with E-state index in [2.05, 4.69) is 53.5 Å². The summed E-state index contributed by atoms with van der Waals surface area (Å²) in [6.45, 7) is 2.82. The normalized spacial score (nSPS) is 15.1. The van der Waals surface area contributed by atoms with Crippen molar-refractivity contribution in [1.29, 1.82) is 0 Å². The van der Waals surface area contributed by atoms with E-state index in [0.717, 1.165) is 36.6 Å². The number of aryl methyl sites for hydroxylation is 2. The van der Waals surface area contributed by atoms with Crippen LogP contribution >= 0.6 is 0 Å². The standard InChI is InChI=1S/C28H26N6O/c1-19-17-33(18-29-19)25-14-13-24(30-28(25)35-2)26-31-27-23(12-7-15-34(27)32-26)22-11-6-10-21(16-22)20-8-4-3-5-9-20/h3-6,8-11,13-14,16-18,23H,7,12,15H2,1-2H3/t23-/m0/s1. The quantitative estimate of drug-likeness (QED) is 0.348. The fourth-order valence-corrected chi connectivity index (χ4v) is 4.80. The summed E-state index contributed by atoms with van der Waals surface area (Å²) in [6.07, 6.45) is 5.81. The van der Waals surface area contributed by atoms with E-state index in [1.54, 1.807) is 13.4 Å². The minimum absolute atomic E-state index is 0.198. The lowest BCUT2D eigenvalue weighted by Gasteiger charge is -2.22. The third-order valence-electron chi connectivity index (χ3n) is 6.52. The molecular weight excluding hydrogens is 436 g/mol. The summed E-state index contributed by atoms with van der Waals surface area (Å²) in [6, 6.07) is 23.2. The fourth-order valence-electron chi connectivity index (χ4n) is 4.80. The first-order valence-corrected chi connectivity index (χ1v) is 11.9. The zero-order valence-electron chi connectivity index (χ0n) is 19.8. The van der Waals surface area contributed by atoms with E-state index in [4.69, 9.17) is 19.8 Å². The van der Waals surface area contributed by atoms with Gasteiger partial charge in [0.1, 0.15) is 17.2 Å². The van der Waals surface area contributed by atoms with Gasteiger partial charge < -0.3 is 9.30 Å². The molecule has 7 heteroatoms. The van der Waals surface area contributed by atoms with Gasteiger partial charge in [-0.25, -0.2) is 19.6 Å². The van der Waals surface area contributed by atoms with E-state index in [9.17, 15) is 0 Å². The third-order valence-corrected chi connectivity index (χ3v) is 6.52. The highest BCUT2D eigenvalue weighted by molar-refractivity contribution is 5.64. The molecule has 0 radical (unpaired) electrons. The zero-order chi connectivity index (χ0) is 23.8. The Kier molecular flexibility index (Phi) is 5.37. The van der Waals surface area contributed by atoms with Crippen molar-refractivity contribution in [3.63, 3.8) is 0 Å². The van der Waals surface area contributed by atoms with Gasteiger partial charge in [0, 0.05) is 18.7 Å². The molecule has 0 saturated carbocycles. The molecule has 1 atom stereocenters. The first kappa shape index (κ1) is 21.3. The molecule has 0 amide bonds. The van der Waals surface area contributed by atoms with Gasteiger partial charge in [-0.15, -0.1) is 5.10 Å². The van der Waals surface area contributed by atoms with Crippen molar-refractivity contribution in [2.45, 2.75) is 32.2 Å². The number of hydrogen-bond acceptors (Lipinski definition) is 5. The van der Waals surface area contributed by atoms with Crippen LogP contribution in [-0.2, 0) is 6.54 Å². The number of benzene rings is 2. The van der Waals surface area contributed by atoms with Gasteiger partial charge in [-0.3, -0.25) is 0 Å². The Bertz CT molecular complexity index is 1490. The SMILES string of the molecule is COc1nc(-c2nc3n(n2)CCC[C@H]3c2cccc(-c3ccccc3)c2)ccc1-n1cnc(C)c1. The maximum absolute atomic E-state index is 5.60. The number of nitrogens with zero attached hydrogens (tertiary/aromatic N) is 6. The van der Waals surface area contributed by atoms with Gasteiger partial charge in [0.2, 0.25) is 5.88 Å². The summed E-state index contributed by atoms with van der Waals surface area (Å²) >= 11 is 0. The van der Waals surface area contributed by atoms with Gasteiger partial charge in [0.15, 0.2) is 5.82 Å². The van der Waals surface area contributed by atoms with Crippen molar-refractivity contribution >= 4 is 0 Å². The van der Waals surface area contributed by atoms with Crippen LogP contribution in [0.4, 0.5) is 0 Å². The van der Waals surface area contributed by atoms with Crippen molar-refractivity contribution in [2.75, 3.05) is 7.11 Å². The smallest absolute Gasteiger partial charge is 0.238 e. The van der Waals surface area contributed by atoms with E-state index in [-0.39, 0.29) is 5.92 Å². The van der Waals surface area contributed by atoms with Crippen molar-refractivity contribution < 1.29 is 4.74 Å². The van der Waals surface area contributed by atoms with Crippen LogP contribution in [0.25, 0.3) is 28.3 Å². The average Bonchev–Trinajstić information content (AvgIpc) is 3.55. The molecule has 5 aromatic rings. The largest absolute Gasteiger partial charge is 0.479 e. The summed E-state index contributed by atoms with van der Waals surface area (Å²) in [5.41, 5.74) is 6.16. The van der Waals surface area contributed by atoms with Crippen molar-refractivity contribution in [3.05, 3.63) is 96.3 Å². The third kappa shape index (κ3) is 3.99. The Labute approximate surface area is 204 Å². The maximum Gasteiger partial charge on any atom is 0.238 e. The van der Waals surface area contributed by atoms with Crippen molar-refractivity contribution in [2.24, 2.45) is 0 Å². The number of pyridine rings is 1. The van der Waals surface area contributed by atoms with Crippen LogP contribution in [0, 0.1) is 6.92 Å². The average molecular weight is 463 g/mol. The van der Waals surface area contributed by atoms with Gasteiger partial charge in [-0.2, -0.15) is 0 Å². The Morgan fingerprint density at radius 1 is 0.943 bits per heavy atom. The van der Waals surface area contributed by atoms with Crippen molar-refractivity contribution in [3.8, 4) is 34.2 Å². The van der Waals surface area contributed by atoms with Gasteiger partial charge in [-0.1, -0.05) is 54.6 Å². The maximum atomic E-state index is 5.60. The predicted octanol–water partition coefficient (Wildman–Crippen LogP) is 5.44. The lowest BCUT2D eigenvalue weighted by atomic mass is 9.89. The number of aromatic nitrogens is 6. The molecule has 1 aliphatic heterocycles. The second-order valence-corrected chi connectivity index (χ2v) is 8.85. The molecule has 0 N–H and O–H groups in total. The molecule has 0 bridgehead atoms. The minimum atomic E-state index is 0.198. The van der Waals surface area contributed by atoms with Crippen LogP contribution < -0.4 is 4.74 Å². The minimum Gasteiger partial charge on any atom is -0.479 e. The summed E-state index contributed by atoms with van der Waals surface area (Å²) < 4.78 is 9.55. The molecule has 0 unspecified atom stereocenters. The lowest BCUT2D eigenvalue weighted by molar-refractivity contribution is 0.396. The number of ether oxygens (including phenoxy) is 1. The number of imidazole rings is 1.